The average Bonchev–Trinajstić information content (AvgIpc) is 2.78. The van der Waals surface area contributed by atoms with Gasteiger partial charge in [-0.1, -0.05) is 30.3 Å². The highest BCUT2D eigenvalue weighted by molar-refractivity contribution is 6.26. The lowest BCUT2D eigenvalue weighted by molar-refractivity contribution is -0.310. The minimum absolute atomic E-state index is 0.0744. The lowest BCUT2D eigenvalue weighted by Gasteiger charge is -2.43. The van der Waals surface area contributed by atoms with Gasteiger partial charge in [0.2, 0.25) is 0 Å². The molecule has 10 heteroatoms. The Bertz CT molecular complexity index is 860. The first-order valence-electron chi connectivity index (χ1n) is 11.4. The van der Waals surface area contributed by atoms with E-state index in [-0.39, 0.29) is 13.2 Å². The van der Waals surface area contributed by atoms with Gasteiger partial charge in [0.15, 0.2) is 18.5 Å². The number of halogens is 1. The van der Waals surface area contributed by atoms with Crippen LogP contribution in [0.3, 0.4) is 0 Å². The second-order valence-electron chi connectivity index (χ2n) is 10.4. The molecule has 9 nitrogen and oxygen atoms in total. The Balaban J connectivity index is 2.33. The fourth-order valence-electron chi connectivity index (χ4n) is 3.03. The van der Waals surface area contributed by atoms with Crippen molar-refractivity contribution in [3.05, 3.63) is 35.9 Å². The minimum Gasteiger partial charge on any atom is -0.462 e. The van der Waals surface area contributed by atoms with E-state index in [4.69, 9.17) is 35.3 Å². The molecule has 2 rings (SSSR count). The first-order valence-corrected chi connectivity index (χ1v) is 11.9. The molecule has 0 bridgehead atoms. The Hall–Kier alpha value is -2.20. The largest absolute Gasteiger partial charge is 0.462 e. The highest BCUT2D eigenvalue weighted by Crippen LogP contribution is 2.30. The summed E-state index contributed by atoms with van der Waals surface area (Å²) in [5.74, 6) is -2.42. The highest BCUT2D eigenvalue weighted by Gasteiger charge is 2.51. The SMILES string of the molecule is CC(C)(C)C(=O)OCC1OC(OCc2ccccc2)[C@H](OC(=O)CCl)[C@@H](OC(=O)C(C)(C)C)[C@H]1O. The predicted molar refractivity (Wildman–Crippen MR) is 126 cm³/mol. The third-order valence-electron chi connectivity index (χ3n) is 5.10. The lowest BCUT2D eigenvalue weighted by atomic mass is 9.95. The summed E-state index contributed by atoms with van der Waals surface area (Å²) in [6.45, 7) is 9.75. The summed E-state index contributed by atoms with van der Waals surface area (Å²) in [4.78, 5) is 37.1. The van der Waals surface area contributed by atoms with Gasteiger partial charge in [-0.2, -0.15) is 0 Å². The minimum atomic E-state index is -1.49. The molecule has 196 valence electrons. The maximum atomic E-state index is 12.7. The Labute approximate surface area is 211 Å². The Morgan fingerprint density at radius 1 is 0.943 bits per heavy atom. The number of esters is 3. The van der Waals surface area contributed by atoms with E-state index < -0.39 is 65.3 Å². The van der Waals surface area contributed by atoms with Crippen LogP contribution < -0.4 is 0 Å². The topological polar surface area (TPSA) is 118 Å². The highest BCUT2D eigenvalue weighted by atomic mass is 35.5. The molecular formula is C25H35ClO9. The van der Waals surface area contributed by atoms with Gasteiger partial charge < -0.3 is 28.8 Å². The predicted octanol–water partition coefficient (Wildman–Crippen LogP) is 2.99. The molecule has 0 spiro atoms. The molecule has 0 radical (unpaired) electrons. The number of hydrogen-bond acceptors (Lipinski definition) is 9. The quantitative estimate of drug-likeness (QED) is 0.317. The molecule has 0 aromatic heterocycles. The number of rotatable bonds is 8. The number of benzene rings is 1. The van der Waals surface area contributed by atoms with Crippen molar-refractivity contribution in [1.29, 1.82) is 0 Å². The van der Waals surface area contributed by atoms with E-state index in [1.165, 1.54) is 0 Å². The molecule has 5 atom stereocenters. The van der Waals surface area contributed by atoms with E-state index in [1.54, 1.807) is 41.5 Å². The van der Waals surface area contributed by atoms with E-state index in [9.17, 15) is 19.5 Å². The van der Waals surface area contributed by atoms with E-state index >= 15 is 0 Å². The van der Waals surface area contributed by atoms with Crippen LogP contribution in [0, 0.1) is 10.8 Å². The van der Waals surface area contributed by atoms with Gasteiger partial charge in [-0.3, -0.25) is 14.4 Å². The third-order valence-corrected chi connectivity index (χ3v) is 5.32. The number of carbonyl (C=O) groups is 3. The summed E-state index contributed by atoms with van der Waals surface area (Å²) >= 11 is 5.63. The van der Waals surface area contributed by atoms with Crippen molar-refractivity contribution in [3.8, 4) is 0 Å². The van der Waals surface area contributed by atoms with Gasteiger partial charge in [0.05, 0.1) is 17.4 Å². The summed E-state index contributed by atoms with van der Waals surface area (Å²) in [5, 5.41) is 11.0. The molecule has 1 aromatic rings. The van der Waals surface area contributed by atoms with Gasteiger partial charge in [-0.15, -0.1) is 11.6 Å². The second kappa shape index (κ2) is 12.2. The smallest absolute Gasteiger partial charge is 0.321 e. The molecule has 0 aliphatic carbocycles. The lowest BCUT2D eigenvalue weighted by Crippen LogP contribution is -2.62. The summed E-state index contributed by atoms with van der Waals surface area (Å²) < 4.78 is 28.1. The summed E-state index contributed by atoms with van der Waals surface area (Å²) in [5.41, 5.74) is -0.879. The van der Waals surface area contributed by atoms with Crippen LogP contribution >= 0.6 is 11.6 Å². The van der Waals surface area contributed by atoms with Crippen molar-refractivity contribution in [3.63, 3.8) is 0 Å². The molecule has 0 saturated carbocycles. The van der Waals surface area contributed by atoms with Crippen LogP contribution in [0.2, 0.25) is 0 Å². The zero-order valence-electron chi connectivity index (χ0n) is 21.0. The zero-order chi connectivity index (χ0) is 26.4. The normalized spacial score (nSPS) is 25.0. The van der Waals surface area contributed by atoms with Gasteiger partial charge in [-0.05, 0) is 47.1 Å². The monoisotopic (exact) mass is 514 g/mol. The number of alkyl halides is 1. The second-order valence-corrected chi connectivity index (χ2v) is 10.7. The molecule has 1 fully saturated rings. The third kappa shape index (κ3) is 8.45. The van der Waals surface area contributed by atoms with Crippen molar-refractivity contribution < 1.29 is 43.2 Å². The van der Waals surface area contributed by atoms with E-state index in [0.29, 0.717) is 0 Å². The van der Waals surface area contributed by atoms with Gasteiger partial charge in [0.25, 0.3) is 0 Å². The van der Waals surface area contributed by atoms with Crippen LogP contribution in [0.15, 0.2) is 30.3 Å². The van der Waals surface area contributed by atoms with Crippen LogP contribution in [0.5, 0.6) is 0 Å². The Morgan fingerprint density at radius 3 is 2.09 bits per heavy atom. The van der Waals surface area contributed by atoms with E-state index in [2.05, 4.69) is 0 Å². The number of hydrogen-bond donors (Lipinski definition) is 1. The number of carbonyl (C=O) groups excluding carboxylic acids is 3. The van der Waals surface area contributed by atoms with Gasteiger partial charge in [0.1, 0.15) is 24.7 Å². The van der Waals surface area contributed by atoms with Crippen molar-refractivity contribution in [2.24, 2.45) is 10.8 Å². The van der Waals surface area contributed by atoms with Gasteiger partial charge >= 0.3 is 17.9 Å². The molecular weight excluding hydrogens is 480 g/mol. The number of ether oxygens (including phenoxy) is 5. The van der Waals surface area contributed by atoms with Crippen molar-refractivity contribution in [2.45, 2.75) is 78.9 Å². The van der Waals surface area contributed by atoms with Gasteiger partial charge in [0, 0.05) is 0 Å². The first-order chi connectivity index (χ1) is 16.2. The fraction of sp³-hybridized carbons (Fsp3) is 0.640. The van der Waals surface area contributed by atoms with Crippen molar-refractivity contribution in [1.82, 2.24) is 0 Å². The van der Waals surface area contributed by atoms with Gasteiger partial charge in [-0.25, -0.2) is 0 Å². The van der Waals surface area contributed by atoms with E-state index in [1.807, 2.05) is 30.3 Å². The molecule has 35 heavy (non-hydrogen) atoms. The summed E-state index contributed by atoms with van der Waals surface area (Å²) in [6, 6.07) is 9.17. The molecule has 2 unspecified atom stereocenters. The van der Waals surface area contributed by atoms with Crippen LogP contribution in [0.4, 0.5) is 0 Å². The summed E-state index contributed by atoms with van der Waals surface area (Å²) in [6.07, 6.45) is -6.53. The molecule has 1 heterocycles. The zero-order valence-corrected chi connectivity index (χ0v) is 21.7. The van der Waals surface area contributed by atoms with E-state index in [0.717, 1.165) is 5.56 Å². The Kier molecular flexibility index (Phi) is 10.1. The van der Waals surface area contributed by atoms with Crippen LogP contribution in [-0.4, -0.2) is 66.2 Å². The Morgan fingerprint density at radius 2 is 1.54 bits per heavy atom. The standard InChI is InChI=1S/C25H35ClO9/c1-24(2,3)22(29)32-14-16-18(28)19(35-23(30)25(4,5)6)20(34-17(27)12-26)21(33-16)31-13-15-10-8-7-9-11-15/h7-11,16,18-21,28H,12-14H2,1-6H3/t16?,18-,19-,20+,21?/m0/s1. The summed E-state index contributed by atoms with van der Waals surface area (Å²) in [7, 11) is 0. The molecule has 1 N–H and O–H groups in total. The molecule has 0 amide bonds. The number of aliphatic hydroxyl groups is 1. The van der Waals surface area contributed by atoms with Crippen LogP contribution in [0.1, 0.15) is 47.1 Å². The maximum absolute atomic E-state index is 12.7. The van der Waals surface area contributed by atoms with Crippen molar-refractivity contribution in [2.75, 3.05) is 12.5 Å². The van der Waals surface area contributed by atoms with Crippen LogP contribution in [-0.2, 0) is 44.7 Å². The average molecular weight is 515 g/mol. The molecule has 1 saturated heterocycles. The number of aliphatic hydroxyl groups excluding tert-OH is 1. The molecule has 1 aromatic carbocycles. The van der Waals surface area contributed by atoms with Crippen molar-refractivity contribution >= 4 is 29.5 Å². The maximum Gasteiger partial charge on any atom is 0.321 e. The molecule has 1 aliphatic heterocycles. The first kappa shape index (κ1) is 29.0. The van der Waals surface area contributed by atoms with Crippen LogP contribution in [0.25, 0.3) is 0 Å². The molecule has 1 aliphatic rings. The fourth-order valence-corrected chi connectivity index (χ4v) is 3.10.